The molecule has 1 aliphatic carbocycles. The van der Waals surface area contributed by atoms with Crippen molar-refractivity contribution in [1.82, 2.24) is 9.97 Å². The zero-order chi connectivity index (χ0) is 24.1. The van der Waals surface area contributed by atoms with Crippen LogP contribution in [0.4, 0.5) is 5.69 Å². The molecule has 168 valence electrons. The molecule has 7 heteroatoms. The van der Waals surface area contributed by atoms with Gasteiger partial charge in [-0.2, -0.15) is 0 Å². The van der Waals surface area contributed by atoms with Gasteiger partial charge in [0.05, 0.1) is 20.8 Å². The van der Waals surface area contributed by atoms with Gasteiger partial charge in [-0.25, -0.2) is 4.98 Å². The molecule has 0 radical (unpaired) electrons. The molecule has 4 aromatic carbocycles. The van der Waals surface area contributed by atoms with Gasteiger partial charge in [-0.05, 0) is 45.3 Å². The Morgan fingerprint density at radius 2 is 1.43 bits per heavy atom. The van der Waals surface area contributed by atoms with Crippen LogP contribution in [0.5, 0.6) is 0 Å². The minimum absolute atomic E-state index is 0.00185. The van der Waals surface area contributed by atoms with Crippen LogP contribution < -0.4 is 0 Å². The summed E-state index contributed by atoms with van der Waals surface area (Å²) in [5.41, 5.74) is 6.90. The molecule has 0 amide bonds. The molecule has 6 rings (SSSR count). The lowest BCUT2D eigenvalue weighted by atomic mass is 9.99. The summed E-state index contributed by atoms with van der Waals surface area (Å²) in [5.74, 6) is 0.502. The van der Waals surface area contributed by atoms with Crippen molar-refractivity contribution in [3.05, 3.63) is 117 Å². The fraction of sp³-hybridized carbons (Fsp3) is 0. The summed E-state index contributed by atoms with van der Waals surface area (Å²) < 4.78 is 0.401. The maximum absolute atomic E-state index is 13.1. The number of H-pyrrole nitrogens is 1. The number of aromatic nitrogens is 2. The van der Waals surface area contributed by atoms with Gasteiger partial charge in [0.25, 0.3) is 5.69 Å². The first-order chi connectivity index (χ1) is 17.0. The van der Waals surface area contributed by atoms with Gasteiger partial charge in [-0.3, -0.25) is 14.9 Å². The zero-order valence-corrected chi connectivity index (χ0v) is 19.7. The number of imidazole rings is 1. The van der Waals surface area contributed by atoms with E-state index in [-0.39, 0.29) is 11.5 Å². The van der Waals surface area contributed by atoms with Crippen molar-refractivity contribution in [1.29, 1.82) is 0 Å². The third kappa shape index (κ3) is 3.48. The number of fused-ring (bicyclic) bond motifs is 3. The molecule has 1 aliphatic rings. The van der Waals surface area contributed by atoms with Gasteiger partial charge in [0.1, 0.15) is 5.82 Å². The lowest BCUT2D eigenvalue weighted by molar-refractivity contribution is -0.385. The molecule has 5 aromatic rings. The van der Waals surface area contributed by atoms with E-state index in [4.69, 9.17) is 4.98 Å². The fourth-order valence-corrected chi connectivity index (χ4v) is 4.90. The Bertz CT molecular complexity index is 1660. The summed E-state index contributed by atoms with van der Waals surface area (Å²) in [7, 11) is 0. The van der Waals surface area contributed by atoms with Gasteiger partial charge < -0.3 is 4.98 Å². The van der Waals surface area contributed by atoms with E-state index in [1.807, 2.05) is 72.8 Å². The normalized spacial score (nSPS) is 11.9. The molecule has 1 aromatic heterocycles. The van der Waals surface area contributed by atoms with Crippen LogP contribution in [0, 0.1) is 10.1 Å². The summed E-state index contributed by atoms with van der Waals surface area (Å²) >= 11 is 3.24. The number of aromatic amines is 1. The third-order valence-electron chi connectivity index (χ3n) is 6.18. The van der Waals surface area contributed by atoms with Crippen molar-refractivity contribution in [3.63, 3.8) is 0 Å². The molecule has 0 atom stereocenters. The Labute approximate surface area is 208 Å². The van der Waals surface area contributed by atoms with Crippen LogP contribution in [0.2, 0.25) is 0 Å². The molecule has 0 saturated heterocycles. The summed E-state index contributed by atoms with van der Waals surface area (Å²) in [6.45, 7) is 0. The Hall–Kier alpha value is -4.36. The van der Waals surface area contributed by atoms with E-state index in [1.54, 1.807) is 12.1 Å². The van der Waals surface area contributed by atoms with Gasteiger partial charge in [0, 0.05) is 33.9 Å². The van der Waals surface area contributed by atoms with Gasteiger partial charge >= 0.3 is 0 Å². The molecule has 0 spiro atoms. The lowest BCUT2D eigenvalue weighted by Crippen LogP contribution is -1.95. The van der Waals surface area contributed by atoms with Crippen molar-refractivity contribution in [2.45, 2.75) is 0 Å². The quantitative estimate of drug-likeness (QED) is 0.195. The predicted molar refractivity (Wildman–Crippen MR) is 138 cm³/mol. The molecule has 1 heterocycles. The molecule has 0 bridgehead atoms. The number of hydrogen-bond acceptors (Lipinski definition) is 4. The number of ketones is 1. The van der Waals surface area contributed by atoms with Crippen LogP contribution in [-0.4, -0.2) is 20.7 Å². The first-order valence-electron chi connectivity index (χ1n) is 10.9. The maximum Gasteiger partial charge on any atom is 0.284 e. The van der Waals surface area contributed by atoms with E-state index in [0.29, 0.717) is 32.7 Å². The summed E-state index contributed by atoms with van der Waals surface area (Å²) in [6.07, 6.45) is 0. The molecular formula is C28H16BrN3O3. The van der Waals surface area contributed by atoms with Gasteiger partial charge in [-0.1, -0.05) is 66.7 Å². The second-order valence-electron chi connectivity index (χ2n) is 8.23. The van der Waals surface area contributed by atoms with Crippen molar-refractivity contribution < 1.29 is 9.72 Å². The highest BCUT2D eigenvalue weighted by Crippen LogP contribution is 2.41. The number of nitrogens with one attached hydrogen (secondary N) is 1. The Morgan fingerprint density at radius 3 is 2.20 bits per heavy atom. The van der Waals surface area contributed by atoms with Crippen LogP contribution >= 0.6 is 15.9 Å². The molecule has 0 aliphatic heterocycles. The third-order valence-corrected chi connectivity index (χ3v) is 6.85. The van der Waals surface area contributed by atoms with Crippen LogP contribution in [0.15, 0.2) is 95.5 Å². The molecule has 0 fully saturated rings. The van der Waals surface area contributed by atoms with E-state index < -0.39 is 4.92 Å². The van der Waals surface area contributed by atoms with E-state index in [2.05, 4.69) is 20.9 Å². The number of halogens is 1. The van der Waals surface area contributed by atoms with Gasteiger partial charge in [0.15, 0.2) is 5.78 Å². The minimum Gasteiger partial charge on any atom is -0.337 e. The predicted octanol–water partition coefficient (Wildman–Crippen LogP) is 7.29. The summed E-state index contributed by atoms with van der Waals surface area (Å²) in [5, 5.41) is 11.5. The number of hydrogen-bond donors (Lipinski definition) is 1. The number of nitrogens with zero attached hydrogens (tertiary/aromatic N) is 2. The van der Waals surface area contributed by atoms with E-state index in [9.17, 15) is 14.9 Å². The number of carbonyl (C=O) groups excluding carboxylic acids is 1. The van der Waals surface area contributed by atoms with E-state index in [1.165, 1.54) is 6.07 Å². The maximum atomic E-state index is 13.1. The number of rotatable bonds is 4. The lowest BCUT2D eigenvalue weighted by Gasteiger charge is -2.06. The van der Waals surface area contributed by atoms with Crippen LogP contribution in [-0.2, 0) is 0 Å². The van der Waals surface area contributed by atoms with Gasteiger partial charge in [-0.15, -0.1) is 0 Å². The molecule has 6 nitrogen and oxygen atoms in total. The molecule has 0 unspecified atom stereocenters. The highest BCUT2D eigenvalue weighted by molar-refractivity contribution is 9.10. The first-order valence-corrected chi connectivity index (χ1v) is 11.7. The van der Waals surface area contributed by atoms with E-state index >= 15 is 0 Å². The smallest absolute Gasteiger partial charge is 0.284 e. The fourth-order valence-electron chi connectivity index (χ4n) is 4.51. The number of carbonyl (C=O) groups is 1. The number of nitro groups is 1. The Morgan fingerprint density at radius 1 is 0.743 bits per heavy atom. The topological polar surface area (TPSA) is 88.9 Å². The van der Waals surface area contributed by atoms with Crippen LogP contribution in [0.1, 0.15) is 15.9 Å². The second kappa shape index (κ2) is 8.14. The highest BCUT2D eigenvalue weighted by Gasteiger charge is 2.27. The van der Waals surface area contributed by atoms with Crippen molar-refractivity contribution in [3.8, 4) is 45.0 Å². The largest absolute Gasteiger partial charge is 0.337 e. The Kier molecular flexibility index (Phi) is 4.93. The minimum atomic E-state index is -0.431. The number of nitro benzene ring substituents is 1. The first kappa shape index (κ1) is 21.2. The van der Waals surface area contributed by atoms with Crippen molar-refractivity contribution >= 4 is 27.4 Å². The second-order valence-corrected chi connectivity index (χ2v) is 9.09. The standard InChI is InChI=1S/C28H16BrN3O3/c29-23-13-11-18(15-24(23)32(34)35)28-30-25(16-6-2-1-3-7-16)26(31-28)17-10-12-20-19-8-4-5-9-21(19)27(33)22(20)14-17/h1-15H,(H,30,31). The van der Waals surface area contributed by atoms with Crippen molar-refractivity contribution in [2.24, 2.45) is 0 Å². The molecule has 35 heavy (non-hydrogen) atoms. The highest BCUT2D eigenvalue weighted by atomic mass is 79.9. The average molecular weight is 522 g/mol. The average Bonchev–Trinajstić information content (AvgIpc) is 3.45. The number of benzene rings is 4. The summed E-state index contributed by atoms with van der Waals surface area (Å²) in [6, 6.07) is 28.1. The van der Waals surface area contributed by atoms with Crippen LogP contribution in [0.25, 0.3) is 45.0 Å². The monoisotopic (exact) mass is 521 g/mol. The summed E-state index contributed by atoms with van der Waals surface area (Å²) in [4.78, 5) is 32.3. The molecule has 1 N–H and O–H groups in total. The molecule has 0 saturated carbocycles. The van der Waals surface area contributed by atoms with E-state index in [0.717, 1.165) is 27.9 Å². The Balaban J connectivity index is 1.53. The zero-order valence-electron chi connectivity index (χ0n) is 18.2. The van der Waals surface area contributed by atoms with Gasteiger partial charge in [0.2, 0.25) is 0 Å². The molecular weight excluding hydrogens is 506 g/mol. The van der Waals surface area contributed by atoms with Crippen molar-refractivity contribution in [2.75, 3.05) is 0 Å². The SMILES string of the molecule is O=C1c2ccccc2-c2ccc(-c3nc(-c4ccc(Br)c([N+](=O)[O-])c4)[nH]c3-c3ccccc3)cc21. The van der Waals surface area contributed by atoms with Crippen LogP contribution in [0.3, 0.4) is 0 Å².